The standard InChI is InChI=1S/C21H21FN2O4/c1-21(2,28-17-9-5-15(22)6-10-17)20(27)23-16-7-3-14(4-8-16)13-24-18(25)11-12-19(24)26/h3-10H,11-13H2,1-2H3,(H,23,27). The van der Waals surface area contributed by atoms with Crippen LogP contribution in [0.25, 0.3) is 0 Å². The van der Waals surface area contributed by atoms with E-state index in [1.807, 2.05) is 0 Å². The van der Waals surface area contributed by atoms with Crippen molar-refractivity contribution in [1.29, 1.82) is 0 Å². The van der Waals surface area contributed by atoms with E-state index in [0.29, 0.717) is 11.4 Å². The third kappa shape index (κ3) is 4.54. The lowest BCUT2D eigenvalue weighted by atomic mass is 10.1. The number of carbonyl (C=O) groups excluding carboxylic acids is 3. The Hall–Kier alpha value is -3.22. The topological polar surface area (TPSA) is 75.7 Å². The van der Waals surface area contributed by atoms with Gasteiger partial charge in [-0.3, -0.25) is 19.3 Å². The molecule has 1 heterocycles. The van der Waals surface area contributed by atoms with Gasteiger partial charge in [-0.25, -0.2) is 4.39 Å². The molecule has 1 aliphatic rings. The van der Waals surface area contributed by atoms with Gasteiger partial charge in [-0.2, -0.15) is 0 Å². The van der Waals surface area contributed by atoms with Gasteiger partial charge < -0.3 is 10.1 Å². The monoisotopic (exact) mass is 384 g/mol. The molecule has 1 fully saturated rings. The van der Waals surface area contributed by atoms with Crippen molar-refractivity contribution >= 4 is 23.4 Å². The fourth-order valence-corrected chi connectivity index (χ4v) is 2.80. The number of likely N-dealkylation sites (tertiary alicyclic amines) is 1. The van der Waals surface area contributed by atoms with Crippen LogP contribution < -0.4 is 10.1 Å². The molecule has 7 heteroatoms. The number of hydrogen-bond acceptors (Lipinski definition) is 4. The third-order valence-electron chi connectivity index (χ3n) is 4.44. The first-order chi connectivity index (χ1) is 13.2. The minimum absolute atomic E-state index is 0.165. The van der Waals surface area contributed by atoms with E-state index in [0.717, 1.165) is 5.56 Å². The molecule has 0 spiro atoms. The number of anilines is 1. The Kier molecular flexibility index (Phi) is 5.44. The van der Waals surface area contributed by atoms with Crippen LogP contribution in [0.5, 0.6) is 5.75 Å². The SMILES string of the molecule is CC(C)(Oc1ccc(F)cc1)C(=O)Nc1ccc(CN2C(=O)CCC2=O)cc1. The quantitative estimate of drug-likeness (QED) is 0.776. The predicted molar refractivity (Wildman–Crippen MR) is 101 cm³/mol. The van der Waals surface area contributed by atoms with Gasteiger partial charge in [-0.15, -0.1) is 0 Å². The molecule has 0 aliphatic carbocycles. The summed E-state index contributed by atoms with van der Waals surface area (Å²) in [5.74, 6) is -0.692. The molecule has 146 valence electrons. The van der Waals surface area contributed by atoms with E-state index < -0.39 is 5.60 Å². The van der Waals surface area contributed by atoms with Gasteiger partial charge in [0.25, 0.3) is 5.91 Å². The van der Waals surface area contributed by atoms with E-state index in [9.17, 15) is 18.8 Å². The molecule has 2 aromatic carbocycles. The average molecular weight is 384 g/mol. The van der Waals surface area contributed by atoms with Crippen LogP contribution in [0, 0.1) is 5.82 Å². The summed E-state index contributed by atoms with van der Waals surface area (Å²) in [5.41, 5.74) is 0.178. The minimum Gasteiger partial charge on any atom is -0.478 e. The maximum atomic E-state index is 13.0. The lowest BCUT2D eigenvalue weighted by Gasteiger charge is -2.25. The fraction of sp³-hybridized carbons (Fsp3) is 0.286. The molecule has 28 heavy (non-hydrogen) atoms. The van der Waals surface area contributed by atoms with Crippen LogP contribution in [0.15, 0.2) is 48.5 Å². The van der Waals surface area contributed by atoms with E-state index in [1.54, 1.807) is 38.1 Å². The number of nitrogens with zero attached hydrogens (tertiary/aromatic N) is 1. The third-order valence-corrected chi connectivity index (χ3v) is 4.44. The van der Waals surface area contributed by atoms with Crippen molar-refractivity contribution in [2.75, 3.05) is 5.32 Å². The normalized spacial score (nSPS) is 14.3. The van der Waals surface area contributed by atoms with E-state index >= 15 is 0 Å². The second-order valence-electron chi connectivity index (χ2n) is 7.09. The smallest absolute Gasteiger partial charge is 0.267 e. The number of imide groups is 1. The summed E-state index contributed by atoms with van der Waals surface area (Å²) in [7, 11) is 0. The van der Waals surface area contributed by atoms with Gasteiger partial charge in [0, 0.05) is 18.5 Å². The predicted octanol–water partition coefficient (Wildman–Crippen LogP) is 3.27. The van der Waals surface area contributed by atoms with E-state index in [1.165, 1.54) is 29.2 Å². The molecule has 0 aromatic heterocycles. The van der Waals surface area contributed by atoms with Gasteiger partial charge >= 0.3 is 0 Å². The summed E-state index contributed by atoms with van der Waals surface area (Å²) in [6.45, 7) is 3.46. The Bertz CT molecular complexity index is 876. The van der Waals surface area contributed by atoms with Crippen molar-refractivity contribution in [2.24, 2.45) is 0 Å². The van der Waals surface area contributed by atoms with Crippen molar-refractivity contribution < 1.29 is 23.5 Å². The molecule has 1 N–H and O–H groups in total. The zero-order chi connectivity index (χ0) is 20.3. The first kappa shape index (κ1) is 19.5. The van der Waals surface area contributed by atoms with Gasteiger partial charge in [0.15, 0.2) is 5.60 Å². The zero-order valence-electron chi connectivity index (χ0n) is 15.7. The van der Waals surface area contributed by atoms with Crippen LogP contribution >= 0.6 is 0 Å². The van der Waals surface area contributed by atoms with Gasteiger partial charge in [-0.05, 0) is 55.8 Å². The highest BCUT2D eigenvalue weighted by Crippen LogP contribution is 2.21. The number of benzene rings is 2. The fourth-order valence-electron chi connectivity index (χ4n) is 2.80. The molecular weight excluding hydrogens is 363 g/mol. The Labute approximate surface area is 162 Å². The molecule has 3 rings (SSSR count). The lowest BCUT2D eigenvalue weighted by Crippen LogP contribution is -2.42. The van der Waals surface area contributed by atoms with Crippen molar-refractivity contribution in [1.82, 2.24) is 4.90 Å². The summed E-state index contributed by atoms with van der Waals surface area (Å²) in [6.07, 6.45) is 0.520. The molecule has 6 nitrogen and oxygen atoms in total. The number of carbonyl (C=O) groups is 3. The summed E-state index contributed by atoms with van der Waals surface area (Å²) in [5, 5.41) is 2.77. The number of amides is 3. The Morgan fingerprint density at radius 1 is 1.04 bits per heavy atom. The van der Waals surface area contributed by atoms with E-state index in [4.69, 9.17) is 4.74 Å². The molecule has 2 aromatic rings. The van der Waals surface area contributed by atoms with Crippen LogP contribution in [-0.2, 0) is 20.9 Å². The van der Waals surface area contributed by atoms with Crippen molar-refractivity contribution in [3.63, 3.8) is 0 Å². The maximum absolute atomic E-state index is 13.0. The lowest BCUT2D eigenvalue weighted by molar-refractivity contribution is -0.139. The highest BCUT2D eigenvalue weighted by Gasteiger charge is 2.30. The van der Waals surface area contributed by atoms with Crippen molar-refractivity contribution in [3.05, 3.63) is 59.9 Å². The summed E-state index contributed by atoms with van der Waals surface area (Å²) in [4.78, 5) is 37.2. The Morgan fingerprint density at radius 2 is 1.61 bits per heavy atom. The molecule has 0 saturated carbocycles. The molecule has 0 unspecified atom stereocenters. The molecule has 0 bridgehead atoms. The molecular formula is C21H21FN2O4. The molecule has 1 aliphatic heterocycles. The van der Waals surface area contributed by atoms with Crippen LogP contribution in [0.3, 0.4) is 0 Å². The van der Waals surface area contributed by atoms with E-state index in [-0.39, 0.29) is 42.9 Å². The van der Waals surface area contributed by atoms with E-state index in [2.05, 4.69) is 5.32 Å². The molecule has 0 atom stereocenters. The first-order valence-corrected chi connectivity index (χ1v) is 8.93. The summed E-state index contributed by atoms with van der Waals surface area (Å²) < 4.78 is 18.7. The Morgan fingerprint density at radius 3 is 2.18 bits per heavy atom. The maximum Gasteiger partial charge on any atom is 0.267 e. The number of hydrogen-bond donors (Lipinski definition) is 1. The van der Waals surface area contributed by atoms with Gasteiger partial charge in [0.1, 0.15) is 11.6 Å². The van der Waals surface area contributed by atoms with Gasteiger partial charge in [0.05, 0.1) is 6.54 Å². The molecule has 3 amide bonds. The van der Waals surface area contributed by atoms with Crippen LogP contribution in [0.2, 0.25) is 0 Å². The second kappa shape index (κ2) is 7.80. The number of halogens is 1. The molecule has 0 radical (unpaired) electrons. The number of rotatable bonds is 6. The second-order valence-corrected chi connectivity index (χ2v) is 7.09. The summed E-state index contributed by atoms with van der Waals surface area (Å²) >= 11 is 0. The summed E-state index contributed by atoms with van der Waals surface area (Å²) in [6, 6.07) is 12.3. The van der Waals surface area contributed by atoms with Gasteiger partial charge in [-0.1, -0.05) is 12.1 Å². The number of ether oxygens (including phenoxy) is 1. The van der Waals surface area contributed by atoms with Crippen LogP contribution in [0.1, 0.15) is 32.3 Å². The average Bonchev–Trinajstić information content (AvgIpc) is 2.97. The van der Waals surface area contributed by atoms with Crippen LogP contribution in [0.4, 0.5) is 10.1 Å². The van der Waals surface area contributed by atoms with Crippen LogP contribution in [-0.4, -0.2) is 28.2 Å². The highest BCUT2D eigenvalue weighted by molar-refractivity contribution is 6.01. The largest absolute Gasteiger partial charge is 0.478 e. The van der Waals surface area contributed by atoms with Crippen molar-refractivity contribution in [2.45, 2.75) is 38.8 Å². The molecule has 1 saturated heterocycles. The highest BCUT2D eigenvalue weighted by atomic mass is 19.1. The van der Waals surface area contributed by atoms with Gasteiger partial charge in [0.2, 0.25) is 11.8 Å². The Balaban J connectivity index is 1.61. The zero-order valence-corrected chi connectivity index (χ0v) is 15.7. The minimum atomic E-state index is -1.18. The first-order valence-electron chi connectivity index (χ1n) is 8.93. The number of nitrogens with one attached hydrogen (secondary N) is 1. The van der Waals surface area contributed by atoms with Crippen molar-refractivity contribution in [3.8, 4) is 5.75 Å².